The molecule has 0 amide bonds. The van der Waals surface area contributed by atoms with E-state index in [1.807, 2.05) is 0 Å². The lowest BCUT2D eigenvalue weighted by molar-refractivity contribution is -0.0581. The van der Waals surface area contributed by atoms with Crippen molar-refractivity contribution < 1.29 is 13.2 Å². The number of hydrogen-bond donors (Lipinski definition) is 0. The number of nitrogens with zero attached hydrogens (tertiary/aromatic N) is 1. The van der Waals surface area contributed by atoms with Crippen LogP contribution in [0.5, 0.6) is 0 Å². The normalized spacial score (nSPS) is 13.1. The van der Waals surface area contributed by atoms with Crippen LogP contribution in [0.15, 0.2) is 35.3 Å². The summed E-state index contributed by atoms with van der Waals surface area (Å²) >= 11 is 0. The first kappa shape index (κ1) is 9.77. The second kappa shape index (κ2) is 3.60. The first-order valence-electron chi connectivity index (χ1n) is 3.65. The van der Waals surface area contributed by atoms with E-state index in [-0.39, 0.29) is 5.56 Å². The van der Waals surface area contributed by atoms with E-state index in [0.717, 1.165) is 7.05 Å². The summed E-state index contributed by atoms with van der Waals surface area (Å²) in [7, 11) is 1.13. The van der Waals surface area contributed by atoms with E-state index in [0.29, 0.717) is 0 Å². The minimum atomic E-state index is -4.38. The van der Waals surface area contributed by atoms with Crippen LogP contribution in [0.1, 0.15) is 5.56 Å². The van der Waals surface area contributed by atoms with Gasteiger partial charge in [-0.05, 0) is 0 Å². The minimum Gasteiger partial charge on any atom is -0.283 e. The van der Waals surface area contributed by atoms with Crippen molar-refractivity contribution in [3.63, 3.8) is 0 Å². The number of aliphatic imine (C=N–C) groups is 1. The molecule has 1 nitrogen and oxygen atoms in total. The van der Waals surface area contributed by atoms with Crippen LogP contribution in [0, 0.1) is 0 Å². The lowest BCUT2D eigenvalue weighted by Gasteiger charge is -2.09. The Morgan fingerprint density at radius 1 is 1.15 bits per heavy atom. The molecule has 0 atom stereocenters. The van der Waals surface area contributed by atoms with Gasteiger partial charge in [0.1, 0.15) is 5.71 Å². The van der Waals surface area contributed by atoms with Crippen molar-refractivity contribution >= 4 is 5.71 Å². The summed E-state index contributed by atoms with van der Waals surface area (Å²) in [6, 6.07) is 7.53. The predicted molar refractivity (Wildman–Crippen MR) is 45.0 cm³/mol. The van der Waals surface area contributed by atoms with Crippen molar-refractivity contribution in [3.05, 3.63) is 35.9 Å². The molecule has 0 saturated heterocycles. The zero-order valence-electron chi connectivity index (χ0n) is 6.97. The van der Waals surface area contributed by atoms with E-state index in [9.17, 15) is 13.2 Å². The van der Waals surface area contributed by atoms with Crippen LogP contribution in [0.2, 0.25) is 0 Å². The molecular weight excluding hydrogens is 179 g/mol. The van der Waals surface area contributed by atoms with Crippen molar-refractivity contribution in [2.24, 2.45) is 4.99 Å². The van der Waals surface area contributed by atoms with Crippen LogP contribution in [0.4, 0.5) is 13.2 Å². The Hall–Kier alpha value is -1.32. The molecule has 0 aliphatic heterocycles. The summed E-state index contributed by atoms with van der Waals surface area (Å²) in [4.78, 5) is 3.22. The highest BCUT2D eigenvalue weighted by atomic mass is 19.4. The highest BCUT2D eigenvalue weighted by Crippen LogP contribution is 2.21. The quantitative estimate of drug-likeness (QED) is 0.599. The van der Waals surface area contributed by atoms with Crippen molar-refractivity contribution in [3.8, 4) is 0 Å². The molecule has 0 saturated carbocycles. The molecule has 0 unspecified atom stereocenters. The molecule has 0 heterocycles. The molecule has 0 aromatic heterocycles. The van der Waals surface area contributed by atoms with Gasteiger partial charge in [0.25, 0.3) is 0 Å². The van der Waals surface area contributed by atoms with Gasteiger partial charge in [-0.2, -0.15) is 13.2 Å². The maximum atomic E-state index is 12.3. The topological polar surface area (TPSA) is 12.4 Å². The average molecular weight is 187 g/mol. The summed E-state index contributed by atoms with van der Waals surface area (Å²) in [6.07, 6.45) is -4.38. The third kappa shape index (κ3) is 2.31. The summed E-state index contributed by atoms with van der Waals surface area (Å²) in [5, 5.41) is 0. The molecule has 0 aliphatic rings. The monoisotopic (exact) mass is 187 g/mol. The Morgan fingerprint density at radius 2 is 1.69 bits per heavy atom. The van der Waals surface area contributed by atoms with Crippen molar-refractivity contribution in [1.82, 2.24) is 0 Å². The van der Waals surface area contributed by atoms with Crippen molar-refractivity contribution in [1.29, 1.82) is 0 Å². The summed E-state index contributed by atoms with van der Waals surface area (Å²) in [5.41, 5.74) is -0.745. The molecule has 0 spiro atoms. The van der Waals surface area contributed by atoms with E-state index in [1.54, 1.807) is 18.2 Å². The Labute approximate surface area is 73.9 Å². The predicted octanol–water partition coefficient (Wildman–Crippen LogP) is 2.67. The summed E-state index contributed by atoms with van der Waals surface area (Å²) in [5.74, 6) is 0. The van der Waals surface area contributed by atoms with E-state index >= 15 is 0 Å². The summed E-state index contributed by atoms with van der Waals surface area (Å²) in [6.45, 7) is 0. The average Bonchev–Trinajstić information content (AvgIpc) is 2.05. The van der Waals surface area contributed by atoms with Crippen molar-refractivity contribution in [2.75, 3.05) is 7.05 Å². The standard InChI is InChI=1S/C9H8F3N/c1-13-8(9(10,11)12)7-5-3-2-4-6-7/h2-6H,1H3/b13-8-. The lowest BCUT2D eigenvalue weighted by Crippen LogP contribution is -2.23. The minimum absolute atomic E-state index is 0.0949. The first-order valence-corrected chi connectivity index (χ1v) is 3.65. The van der Waals surface area contributed by atoms with E-state index < -0.39 is 11.9 Å². The van der Waals surface area contributed by atoms with E-state index in [2.05, 4.69) is 4.99 Å². The molecule has 13 heavy (non-hydrogen) atoms. The van der Waals surface area contributed by atoms with Crippen molar-refractivity contribution in [2.45, 2.75) is 6.18 Å². The lowest BCUT2D eigenvalue weighted by atomic mass is 10.1. The van der Waals surface area contributed by atoms with Crippen LogP contribution in [0.25, 0.3) is 0 Å². The Kier molecular flexibility index (Phi) is 2.70. The molecule has 1 aromatic rings. The molecular formula is C9H8F3N. The number of halogens is 3. The largest absolute Gasteiger partial charge is 0.433 e. The highest BCUT2D eigenvalue weighted by Gasteiger charge is 2.35. The first-order chi connectivity index (χ1) is 6.05. The fourth-order valence-electron chi connectivity index (χ4n) is 1.02. The number of rotatable bonds is 1. The molecule has 1 rings (SSSR count). The Morgan fingerprint density at radius 3 is 2.08 bits per heavy atom. The van der Waals surface area contributed by atoms with Gasteiger partial charge in [0.05, 0.1) is 0 Å². The second-order valence-corrected chi connectivity index (χ2v) is 2.44. The van der Waals surface area contributed by atoms with Gasteiger partial charge in [0, 0.05) is 12.6 Å². The highest BCUT2D eigenvalue weighted by molar-refractivity contribution is 6.04. The SMILES string of the molecule is C/N=C(/c1ccccc1)C(F)(F)F. The third-order valence-electron chi connectivity index (χ3n) is 1.54. The molecule has 0 N–H and O–H groups in total. The second-order valence-electron chi connectivity index (χ2n) is 2.44. The van der Waals surface area contributed by atoms with Gasteiger partial charge in [0.15, 0.2) is 0 Å². The maximum absolute atomic E-state index is 12.3. The zero-order chi connectivity index (χ0) is 9.90. The van der Waals surface area contributed by atoms with Crippen LogP contribution < -0.4 is 0 Å². The molecule has 0 bridgehead atoms. The zero-order valence-corrected chi connectivity index (χ0v) is 6.97. The fraction of sp³-hybridized carbons (Fsp3) is 0.222. The van der Waals surface area contributed by atoms with Crippen LogP contribution in [-0.4, -0.2) is 18.9 Å². The summed E-state index contributed by atoms with van der Waals surface area (Å²) < 4.78 is 36.8. The van der Waals surface area contributed by atoms with Gasteiger partial charge in [0.2, 0.25) is 0 Å². The number of benzene rings is 1. The molecule has 0 radical (unpaired) electrons. The Bertz CT molecular complexity index is 300. The third-order valence-corrected chi connectivity index (χ3v) is 1.54. The van der Waals surface area contributed by atoms with Gasteiger partial charge >= 0.3 is 6.18 Å². The molecule has 0 fully saturated rings. The van der Waals surface area contributed by atoms with Gasteiger partial charge in [-0.3, -0.25) is 4.99 Å². The smallest absolute Gasteiger partial charge is 0.283 e. The maximum Gasteiger partial charge on any atom is 0.433 e. The number of alkyl halides is 3. The van der Waals surface area contributed by atoms with Gasteiger partial charge in [-0.15, -0.1) is 0 Å². The molecule has 0 aliphatic carbocycles. The fourth-order valence-corrected chi connectivity index (χ4v) is 1.02. The van der Waals surface area contributed by atoms with Gasteiger partial charge in [-0.1, -0.05) is 30.3 Å². The Balaban J connectivity index is 3.08. The van der Waals surface area contributed by atoms with E-state index in [1.165, 1.54) is 12.1 Å². The van der Waals surface area contributed by atoms with Crippen LogP contribution in [0.3, 0.4) is 0 Å². The number of hydrogen-bond acceptors (Lipinski definition) is 1. The van der Waals surface area contributed by atoms with Crippen LogP contribution >= 0.6 is 0 Å². The molecule has 4 heteroatoms. The molecule has 70 valence electrons. The van der Waals surface area contributed by atoms with Crippen LogP contribution in [-0.2, 0) is 0 Å². The van der Waals surface area contributed by atoms with Gasteiger partial charge in [-0.25, -0.2) is 0 Å². The van der Waals surface area contributed by atoms with E-state index in [4.69, 9.17) is 0 Å². The van der Waals surface area contributed by atoms with Gasteiger partial charge < -0.3 is 0 Å². The molecule has 1 aromatic carbocycles.